The first-order chi connectivity index (χ1) is 14.3. The van der Waals surface area contributed by atoms with Crippen molar-refractivity contribution in [3.63, 3.8) is 0 Å². The number of aliphatic hydroxyl groups excluding tert-OH is 1. The number of halogens is 1. The van der Waals surface area contributed by atoms with Gasteiger partial charge in [0.25, 0.3) is 11.2 Å². The molecular formula is C19H17ClN4O5S. The Hall–Kier alpha value is -2.95. The topological polar surface area (TPSA) is 127 Å². The van der Waals surface area contributed by atoms with E-state index in [1.54, 1.807) is 31.2 Å². The molecule has 9 nitrogen and oxygen atoms in total. The Morgan fingerprint density at radius 1 is 1.37 bits per heavy atom. The van der Waals surface area contributed by atoms with Gasteiger partial charge in [0.1, 0.15) is 5.69 Å². The summed E-state index contributed by atoms with van der Waals surface area (Å²) in [6.45, 7) is 1.56. The molecule has 2 aromatic carbocycles. The van der Waals surface area contributed by atoms with Crippen molar-refractivity contribution in [2.24, 2.45) is 0 Å². The van der Waals surface area contributed by atoms with E-state index in [4.69, 9.17) is 11.6 Å². The van der Waals surface area contributed by atoms with Crippen LogP contribution in [-0.2, 0) is 11.3 Å². The summed E-state index contributed by atoms with van der Waals surface area (Å²) < 4.78 is 1.32. The number of carbonyl (C=O) groups is 1. The molecule has 0 aliphatic heterocycles. The van der Waals surface area contributed by atoms with Gasteiger partial charge in [-0.1, -0.05) is 35.5 Å². The summed E-state index contributed by atoms with van der Waals surface area (Å²) in [5.41, 5.74) is -0.156. The molecule has 156 valence electrons. The summed E-state index contributed by atoms with van der Waals surface area (Å²) in [6, 6.07) is 10.7. The summed E-state index contributed by atoms with van der Waals surface area (Å²) in [4.78, 5) is 40.1. The summed E-state index contributed by atoms with van der Waals surface area (Å²) >= 11 is 6.77. The largest absolute Gasteiger partial charge is 0.392 e. The van der Waals surface area contributed by atoms with Crippen LogP contribution in [0.25, 0.3) is 10.9 Å². The lowest BCUT2D eigenvalue weighted by Crippen LogP contribution is -2.28. The maximum atomic E-state index is 12.8. The molecule has 0 fully saturated rings. The molecule has 0 spiro atoms. The molecular weight excluding hydrogens is 432 g/mol. The van der Waals surface area contributed by atoms with Crippen molar-refractivity contribution in [2.45, 2.75) is 24.7 Å². The number of nitro benzene ring substituents is 1. The van der Waals surface area contributed by atoms with Gasteiger partial charge in [-0.15, -0.1) is 0 Å². The number of fused-ring (bicyclic) bond motifs is 1. The van der Waals surface area contributed by atoms with Gasteiger partial charge in [0, 0.05) is 11.1 Å². The number of amides is 1. The minimum atomic E-state index is -0.796. The number of carbonyl (C=O) groups excluding carboxylic acids is 1. The summed E-state index contributed by atoms with van der Waals surface area (Å²) in [5.74, 6) is -0.666. The van der Waals surface area contributed by atoms with Crippen LogP contribution in [0, 0.1) is 10.1 Å². The Balaban J connectivity index is 1.84. The number of rotatable bonds is 7. The van der Waals surface area contributed by atoms with E-state index in [-0.39, 0.29) is 39.4 Å². The van der Waals surface area contributed by atoms with Crippen LogP contribution in [0.2, 0.25) is 5.02 Å². The molecule has 1 unspecified atom stereocenters. The monoisotopic (exact) mass is 448 g/mol. The van der Waals surface area contributed by atoms with Crippen molar-refractivity contribution >= 4 is 51.5 Å². The van der Waals surface area contributed by atoms with Crippen molar-refractivity contribution < 1.29 is 14.8 Å². The molecule has 2 N–H and O–H groups in total. The number of para-hydroxylation sites is 1. The lowest BCUT2D eigenvalue weighted by atomic mass is 10.2. The number of aromatic nitrogens is 2. The zero-order chi connectivity index (χ0) is 21.8. The average Bonchev–Trinajstić information content (AvgIpc) is 2.70. The van der Waals surface area contributed by atoms with Gasteiger partial charge in [-0.3, -0.25) is 24.3 Å². The molecule has 0 bridgehead atoms. The van der Waals surface area contributed by atoms with E-state index in [1.807, 2.05) is 0 Å². The zero-order valence-electron chi connectivity index (χ0n) is 15.7. The number of nitrogens with one attached hydrogen (secondary N) is 1. The van der Waals surface area contributed by atoms with Crippen molar-refractivity contribution in [2.75, 3.05) is 11.1 Å². The van der Waals surface area contributed by atoms with Crippen molar-refractivity contribution in [1.29, 1.82) is 0 Å². The SMILES string of the molecule is CC(O)Cn1c(SCC(=O)Nc2ccc(Cl)cc2[N+](=O)[O-])nc2ccccc2c1=O. The van der Waals surface area contributed by atoms with Gasteiger partial charge in [-0.2, -0.15) is 0 Å². The van der Waals surface area contributed by atoms with E-state index in [1.165, 1.54) is 16.7 Å². The Morgan fingerprint density at radius 2 is 2.10 bits per heavy atom. The maximum absolute atomic E-state index is 12.8. The molecule has 11 heteroatoms. The quantitative estimate of drug-likeness (QED) is 0.246. The second-order valence-electron chi connectivity index (χ2n) is 6.43. The lowest BCUT2D eigenvalue weighted by Gasteiger charge is -2.14. The Kier molecular flexibility index (Phi) is 6.70. The maximum Gasteiger partial charge on any atom is 0.294 e. The molecule has 3 rings (SSSR count). The van der Waals surface area contributed by atoms with Crippen LogP contribution < -0.4 is 10.9 Å². The fourth-order valence-electron chi connectivity index (χ4n) is 2.76. The molecule has 1 amide bonds. The molecule has 1 aromatic heterocycles. The third kappa shape index (κ3) is 4.96. The third-order valence-corrected chi connectivity index (χ3v) is 5.25. The van der Waals surface area contributed by atoms with Crippen LogP contribution in [0.15, 0.2) is 52.4 Å². The summed E-state index contributed by atoms with van der Waals surface area (Å²) in [6.07, 6.45) is -0.796. The van der Waals surface area contributed by atoms with E-state index in [0.29, 0.717) is 10.9 Å². The Morgan fingerprint density at radius 3 is 2.80 bits per heavy atom. The average molecular weight is 449 g/mol. The normalized spacial score (nSPS) is 12.0. The molecule has 0 saturated heterocycles. The number of nitrogens with zero attached hydrogens (tertiary/aromatic N) is 3. The zero-order valence-corrected chi connectivity index (χ0v) is 17.3. The molecule has 0 saturated carbocycles. The molecule has 0 aliphatic rings. The van der Waals surface area contributed by atoms with Crippen LogP contribution >= 0.6 is 23.4 Å². The number of nitro groups is 1. The van der Waals surface area contributed by atoms with Crippen molar-refractivity contribution in [3.05, 3.63) is 68.0 Å². The van der Waals surface area contributed by atoms with Gasteiger partial charge in [0.05, 0.1) is 34.2 Å². The Labute approximate surface area is 179 Å². The summed E-state index contributed by atoms with van der Waals surface area (Å²) in [7, 11) is 0. The molecule has 3 aromatic rings. The van der Waals surface area contributed by atoms with Gasteiger partial charge in [0.2, 0.25) is 5.91 Å². The van der Waals surface area contributed by atoms with Crippen LogP contribution in [0.3, 0.4) is 0 Å². The second-order valence-corrected chi connectivity index (χ2v) is 7.81. The highest BCUT2D eigenvalue weighted by Crippen LogP contribution is 2.28. The van der Waals surface area contributed by atoms with Crippen LogP contribution in [0.5, 0.6) is 0 Å². The summed E-state index contributed by atoms with van der Waals surface area (Å²) in [5, 5.41) is 24.2. The number of aliphatic hydroxyl groups is 1. The van der Waals surface area contributed by atoms with Gasteiger partial charge in [-0.25, -0.2) is 4.98 Å². The molecule has 1 atom stereocenters. The van der Waals surface area contributed by atoms with E-state index in [9.17, 15) is 24.8 Å². The molecule has 30 heavy (non-hydrogen) atoms. The number of benzene rings is 2. The van der Waals surface area contributed by atoms with Gasteiger partial charge in [0.15, 0.2) is 5.16 Å². The predicted octanol–water partition coefficient (Wildman–Crippen LogP) is 3.07. The second kappa shape index (κ2) is 9.24. The Bertz CT molecular complexity index is 1180. The van der Waals surface area contributed by atoms with Crippen LogP contribution in [0.1, 0.15) is 6.92 Å². The van der Waals surface area contributed by atoms with Crippen molar-refractivity contribution in [3.8, 4) is 0 Å². The van der Waals surface area contributed by atoms with E-state index >= 15 is 0 Å². The fraction of sp³-hybridized carbons (Fsp3) is 0.211. The molecule has 1 heterocycles. The number of anilines is 1. The standard InChI is InChI=1S/C19H17ClN4O5S/c1-11(25)9-23-18(27)13-4-2-3-5-14(13)22-19(23)30-10-17(26)21-15-7-6-12(20)8-16(15)24(28)29/h2-8,11,25H,9-10H2,1H3,(H,21,26). The first-order valence-corrected chi connectivity index (χ1v) is 10.2. The van der Waals surface area contributed by atoms with Crippen molar-refractivity contribution in [1.82, 2.24) is 9.55 Å². The van der Waals surface area contributed by atoms with Gasteiger partial charge in [-0.05, 0) is 31.2 Å². The minimum Gasteiger partial charge on any atom is -0.392 e. The van der Waals surface area contributed by atoms with Gasteiger partial charge >= 0.3 is 0 Å². The molecule has 0 radical (unpaired) electrons. The van der Waals surface area contributed by atoms with Gasteiger partial charge < -0.3 is 10.4 Å². The number of hydrogen-bond donors (Lipinski definition) is 2. The van der Waals surface area contributed by atoms with E-state index in [2.05, 4.69) is 10.3 Å². The minimum absolute atomic E-state index is 0.0165. The predicted molar refractivity (Wildman–Crippen MR) is 115 cm³/mol. The first kappa shape index (κ1) is 21.8. The number of hydrogen-bond acceptors (Lipinski definition) is 7. The van der Waals surface area contributed by atoms with Crippen LogP contribution in [-0.4, -0.2) is 37.3 Å². The third-order valence-electron chi connectivity index (χ3n) is 4.04. The van der Waals surface area contributed by atoms with E-state index < -0.39 is 16.9 Å². The van der Waals surface area contributed by atoms with E-state index in [0.717, 1.165) is 17.8 Å². The highest BCUT2D eigenvalue weighted by Gasteiger charge is 2.18. The highest BCUT2D eigenvalue weighted by molar-refractivity contribution is 7.99. The lowest BCUT2D eigenvalue weighted by molar-refractivity contribution is -0.383. The fourth-order valence-corrected chi connectivity index (χ4v) is 3.74. The smallest absolute Gasteiger partial charge is 0.294 e. The number of thioether (sulfide) groups is 1. The highest BCUT2D eigenvalue weighted by atomic mass is 35.5. The van der Waals surface area contributed by atoms with Crippen LogP contribution in [0.4, 0.5) is 11.4 Å². The molecule has 0 aliphatic carbocycles. The first-order valence-electron chi connectivity index (χ1n) is 8.80.